The maximum Gasteiger partial charge on any atom is 0.320 e. The Morgan fingerprint density at radius 2 is 2.18 bits per heavy atom. The minimum absolute atomic E-state index is 0.0630. The number of ether oxygens (including phenoxy) is 1. The van der Waals surface area contributed by atoms with Crippen LogP contribution < -0.4 is 5.32 Å². The molecule has 1 saturated heterocycles. The number of carbonyl (C=O) groups is 2. The minimum Gasteiger partial charge on any atom is -0.483 e. The molecule has 0 unspecified atom stereocenters. The average molecular weight is 245 g/mol. The van der Waals surface area contributed by atoms with Gasteiger partial charge < -0.3 is 20.3 Å². The number of carboxylic acids is 1. The highest BCUT2D eigenvalue weighted by Crippen LogP contribution is 2.48. The summed E-state index contributed by atoms with van der Waals surface area (Å²) in [6, 6.07) is -0.406. The van der Waals surface area contributed by atoms with Crippen molar-refractivity contribution in [3.63, 3.8) is 0 Å². The van der Waals surface area contributed by atoms with Crippen molar-refractivity contribution in [3.8, 4) is 0 Å². The van der Waals surface area contributed by atoms with Gasteiger partial charge in [0, 0.05) is 6.61 Å². The van der Waals surface area contributed by atoms with Crippen LogP contribution in [0.1, 0.15) is 25.7 Å². The van der Waals surface area contributed by atoms with E-state index in [4.69, 9.17) is 19.7 Å². The molecule has 0 bridgehead atoms. The van der Waals surface area contributed by atoms with Crippen molar-refractivity contribution in [3.05, 3.63) is 0 Å². The van der Waals surface area contributed by atoms with Gasteiger partial charge in [-0.1, -0.05) is 0 Å². The fourth-order valence-corrected chi connectivity index (χ4v) is 2.40. The second-order valence-electron chi connectivity index (χ2n) is 4.49. The summed E-state index contributed by atoms with van der Waals surface area (Å²) in [4.78, 5) is 19.3. The zero-order valence-electron chi connectivity index (χ0n) is 9.89. The van der Waals surface area contributed by atoms with Gasteiger partial charge in [0.15, 0.2) is 0 Å². The Morgan fingerprint density at radius 1 is 1.59 bits per heavy atom. The molecule has 0 amide bonds. The summed E-state index contributed by atoms with van der Waals surface area (Å²) in [6.07, 6.45) is 3.99. The van der Waals surface area contributed by atoms with Crippen molar-refractivity contribution in [1.82, 2.24) is 5.32 Å². The molecule has 3 N–H and O–H groups in total. The van der Waals surface area contributed by atoms with Crippen LogP contribution in [0.5, 0.6) is 0 Å². The SMILES string of the molecule is CN[C@H](C(=O)O)[C@H]1CCOC2(CC2)C1.O=CO. The predicted octanol–water partition coefficient (Wildman–Crippen LogP) is 0.319. The third-order valence-corrected chi connectivity index (χ3v) is 3.39. The lowest BCUT2D eigenvalue weighted by molar-refractivity contribution is -0.142. The Morgan fingerprint density at radius 3 is 2.59 bits per heavy atom. The molecule has 1 heterocycles. The molecule has 2 atom stereocenters. The first-order valence-corrected chi connectivity index (χ1v) is 5.70. The van der Waals surface area contributed by atoms with Crippen LogP contribution in [0.15, 0.2) is 0 Å². The summed E-state index contributed by atoms with van der Waals surface area (Å²) < 4.78 is 5.66. The maximum atomic E-state index is 11.0. The van der Waals surface area contributed by atoms with Crippen LogP contribution in [0.4, 0.5) is 0 Å². The number of hydrogen-bond donors (Lipinski definition) is 3. The fourth-order valence-electron chi connectivity index (χ4n) is 2.40. The van der Waals surface area contributed by atoms with E-state index in [9.17, 15) is 4.79 Å². The van der Waals surface area contributed by atoms with Crippen LogP contribution in [0.25, 0.3) is 0 Å². The Bertz CT molecular complexity index is 277. The van der Waals surface area contributed by atoms with Crippen LogP contribution in [0.3, 0.4) is 0 Å². The second-order valence-corrected chi connectivity index (χ2v) is 4.49. The summed E-state index contributed by atoms with van der Waals surface area (Å²) in [6.45, 7) is 0.468. The minimum atomic E-state index is -0.741. The molecule has 6 nitrogen and oxygen atoms in total. The third kappa shape index (κ3) is 3.67. The van der Waals surface area contributed by atoms with E-state index < -0.39 is 12.0 Å². The summed E-state index contributed by atoms with van der Waals surface area (Å²) in [5.41, 5.74) is 0.0630. The number of likely N-dealkylation sites (N-methyl/N-ethyl adjacent to an activating group) is 1. The molecular weight excluding hydrogens is 226 g/mol. The molecule has 17 heavy (non-hydrogen) atoms. The molecule has 0 radical (unpaired) electrons. The molecule has 6 heteroatoms. The van der Waals surface area contributed by atoms with E-state index in [0.717, 1.165) is 32.3 Å². The molecule has 0 aromatic rings. The first-order valence-electron chi connectivity index (χ1n) is 5.70. The maximum absolute atomic E-state index is 11.0. The molecule has 98 valence electrons. The van der Waals surface area contributed by atoms with E-state index in [1.807, 2.05) is 0 Å². The smallest absolute Gasteiger partial charge is 0.320 e. The highest BCUT2D eigenvalue weighted by atomic mass is 16.5. The van der Waals surface area contributed by atoms with Gasteiger partial charge in [-0.3, -0.25) is 9.59 Å². The Balaban J connectivity index is 0.000000437. The van der Waals surface area contributed by atoms with Crippen LogP contribution in [0, 0.1) is 5.92 Å². The molecule has 2 rings (SSSR count). The summed E-state index contributed by atoms with van der Waals surface area (Å²) >= 11 is 0. The van der Waals surface area contributed by atoms with E-state index in [0.29, 0.717) is 0 Å². The number of carboxylic acid groups (broad SMARTS) is 2. The number of aliphatic carboxylic acids is 1. The molecule has 0 aromatic heterocycles. The molecular formula is C11H19NO5. The topological polar surface area (TPSA) is 95.9 Å². The molecule has 0 aromatic carbocycles. The van der Waals surface area contributed by atoms with Crippen molar-refractivity contribution >= 4 is 12.4 Å². The predicted molar refractivity (Wildman–Crippen MR) is 59.8 cm³/mol. The van der Waals surface area contributed by atoms with Gasteiger partial charge in [0.2, 0.25) is 0 Å². The summed E-state index contributed by atoms with van der Waals surface area (Å²) in [5, 5.41) is 18.8. The van der Waals surface area contributed by atoms with Crippen molar-refractivity contribution in [2.45, 2.75) is 37.3 Å². The van der Waals surface area contributed by atoms with Gasteiger partial charge in [0.25, 0.3) is 6.47 Å². The number of hydrogen-bond acceptors (Lipinski definition) is 4. The largest absolute Gasteiger partial charge is 0.483 e. The van der Waals surface area contributed by atoms with E-state index >= 15 is 0 Å². The standard InChI is InChI=1S/C10H17NO3.CH2O2/c1-11-8(9(12)13)7-2-5-14-10(6-7)3-4-10;2-1-3/h7-8,11H,2-6H2,1H3,(H,12,13);1H,(H,2,3)/t7-,8-;/m0./s1. The fraction of sp³-hybridized carbons (Fsp3) is 0.818. The molecule has 1 spiro atoms. The first kappa shape index (κ1) is 13.9. The van der Waals surface area contributed by atoms with Gasteiger partial charge in [-0.05, 0) is 38.6 Å². The number of nitrogens with one attached hydrogen (secondary N) is 1. The lowest BCUT2D eigenvalue weighted by atomic mass is 9.87. The van der Waals surface area contributed by atoms with Crippen molar-refractivity contribution in [2.24, 2.45) is 5.92 Å². The normalized spacial score (nSPS) is 26.5. The lowest BCUT2D eigenvalue weighted by Gasteiger charge is -2.32. The highest BCUT2D eigenvalue weighted by molar-refractivity contribution is 5.73. The Labute approximate surface area is 100.0 Å². The van der Waals surface area contributed by atoms with Gasteiger partial charge in [0.05, 0.1) is 5.60 Å². The van der Waals surface area contributed by atoms with Gasteiger partial charge in [0.1, 0.15) is 6.04 Å². The Kier molecular flexibility index (Phi) is 4.89. The van der Waals surface area contributed by atoms with E-state index in [1.165, 1.54) is 0 Å². The first-order chi connectivity index (χ1) is 8.08. The zero-order chi connectivity index (χ0) is 12.9. The van der Waals surface area contributed by atoms with E-state index in [1.54, 1.807) is 7.05 Å². The lowest BCUT2D eigenvalue weighted by Crippen LogP contribution is -2.45. The van der Waals surface area contributed by atoms with Gasteiger partial charge >= 0.3 is 5.97 Å². The molecule has 1 aliphatic carbocycles. The van der Waals surface area contributed by atoms with Crippen molar-refractivity contribution < 1.29 is 24.5 Å². The van der Waals surface area contributed by atoms with Crippen molar-refractivity contribution in [2.75, 3.05) is 13.7 Å². The van der Waals surface area contributed by atoms with Crippen LogP contribution in [-0.4, -0.2) is 48.0 Å². The highest BCUT2D eigenvalue weighted by Gasteiger charge is 2.49. The molecule has 2 fully saturated rings. The van der Waals surface area contributed by atoms with Crippen LogP contribution in [-0.2, 0) is 14.3 Å². The van der Waals surface area contributed by atoms with E-state index in [-0.39, 0.29) is 18.0 Å². The Hall–Kier alpha value is -1.14. The van der Waals surface area contributed by atoms with Gasteiger partial charge in [-0.15, -0.1) is 0 Å². The van der Waals surface area contributed by atoms with Crippen LogP contribution >= 0.6 is 0 Å². The van der Waals surface area contributed by atoms with Gasteiger partial charge in [-0.25, -0.2) is 0 Å². The average Bonchev–Trinajstić information content (AvgIpc) is 2.99. The zero-order valence-corrected chi connectivity index (χ0v) is 9.89. The monoisotopic (exact) mass is 245 g/mol. The molecule has 2 aliphatic rings. The summed E-state index contributed by atoms with van der Waals surface area (Å²) in [7, 11) is 1.72. The van der Waals surface area contributed by atoms with Crippen LogP contribution in [0.2, 0.25) is 0 Å². The second kappa shape index (κ2) is 5.97. The van der Waals surface area contributed by atoms with Crippen molar-refractivity contribution in [1.29, 1.82) is 0 Å². The summed E-state index contributed by atoms with van der Waals surface area (Å²) in [5.74, 6) is -0.510. The quantitative estimate of drug-likeness (QED) is 0.620. The molecule has 1 aliphatic heterocycles. The third-order valence-electron chi connectivity index (χ3n) is 3.39. The van der Waals surface area contributed by atoms with Gasteiger partial charge in [-0.2, -0.15) is 0 Å². The number of rotatable bonds is 3. The van der Waals surface area contributed by atoms with E-state index in [2.05, 4.69) is 5.32 Å². The molecule has 1 saturated carbocycles.